The maximum absolute atomic E-state index is 14.4. The highest BCUT2D eigenvalue weighted by molar-refractivity contribution is 7.21. The van der Waals surface area contributed by atoms with Crippen LogP contribution in [0.2, 0.25) is 0 Å². The lowest BCUT2D eigenvalue weighted by Gasteiger charge is -2.31. The second-order valence-corrected chi connectivity index (χ2v) is 11.6. The number of halogens is 1. The van der Waals surface area contributed by atoms with E-state index in [9.17, 15) is 18.8 Å². The summed E-state index contributed by atoms with van der Waals surface area (Å²) in [7, 11) is 1.48. The molecule has 3 aromatic heterocycles. The molecule has 1 unspecified atom stereocenters. The van der Waals surface area contributed by atoms with E-state index in [1.165, 1.54) is 41.2 Å². The van der Waals surface area contributed by atoms with E-state index in [1.54, 1.807) is 55.7 Å². The van der Waals surface area contributed by atoms with E-state index in [1.807, 2.05) is 0 Å². The molecular formula is C29H34FN5O5S. The summed E-state index contributed by atoms with van der Waals surface area (Å²) in [4.78, 5) is 44.3. The highest BCUT2D eigenvalue weighted by Crippen LogP contribution is 2.34. The summed E-state index contributed by atoms with van der Waals surface area (Å²) in [6.07, 6.45) is 4.37. The molecule has 0 N–H and O–H groups in total. The van der Waals surface area contributed by atoms with Crippen molar-refractivity contribution in [1.29, 1.82) is 0 Å². The number of carbonyl (C=O) groups excluding carboxylic acids is 1. The van der Waals surface area contributed by atoms with Crippen molar-refractivity contribution in [1.82, 2.24) is 23.8 Å². The maximum Gasteiger partial charge on any atom is 0.333 e. The number of aryl methyl sites for hydroxylation is 1. The van der Waals surface area contributed by atoms with Gasteiger partial charge < -0.3 is 14.4 Å². The number of methoxy groups -OCH3 is 1. The topological polar surface area (TPSA) is 101 Å². The van der Waals surface area contributed by atoms with Crippen molar-refractivity contribution in [2.24, 2.45) is 0 Å². The van der Waals surface area contributed by atoms with E-state index in [4.69, 9.17) is 9.47 Å². The number of aromatic nitrogens is 4. The van der Waals surface area contributed by atoms with Crippen LogP contribution in [0, 0.1) is 12.7 Å². The zero-order valence-corrected chi connectivity index (χ0v) is 24.7. The van der Waals surface area contributed by atoms with Crippen molar-refractivity contribution in [3.05, 3.63) is 74.4 Å². The third kappa shape index (κ3) is 4.99. The van der Waals surface area contributed by atoms with E-state index in [0.717, 1.165) is 17.4 Å². The highest BCUT2D eigenvalue weighted by atomic mass is 32.1. The van der Waals surface area contributed by atoms with Gasteiger partial charge in [0.05, 0.1) is 19.0 Å². The Labute approximate surface area is 240 Å². The van der Waals surface area contributed by atoms with E-state index in [0.29, 0.717) is 45.2 Å². The van der Waals surface area contributed by atoms with Crippen LogP contribution in [0.25, 0.3) is 15.2 Å². The van der Waals surface area contributed by atoms with Crippen molar-refractivity contribution in [2.45, 2.75) is 58.7 Å². The molecule has 1 fully saturated rings. The lowest BCUT2D eigenvalue weighted by atomic mass is 10.0. The average Bonchev–Trinajstić information content (AvgIpc) is 3.72. The first-order chi connectivity index (χ1) is 19.6. The normalized spacial score (nSPS) is 14.6. The largest absolute Gasteiger partial charge is 0.496 e. The summed E-state index contributed by atoms with van der Waals surface area (Å²) in [5.41, 5.74) is -1.57. The molecule has 4 heterocycles. The summed E-state index contributed by atoms with van der Waals surface area (Å²) < 4.78 is 30.1. The molecule has 218 valence electrons. The van der Waals surface area contributed by atoms with Crippen LogP contribution in [0.1, 0.15) is 50.8 Å². The number of hydrogen-bond acceptors (Lipinski definition) is 7. The van der Waals surface area contributed by atoms with Gasteiger partial charge in [0.15, 0.2) is 0 Å². The first-order valence-corrected chi connectivity index (χ1v) is 14.5. The Morgan fingerprint density at radius 2 is 1.95 bits per heavy atom. The third-order valence-corrected chi connectivity index (χ3v) is 8.93. The van der Waals surface area contributed by atoms with Crippen LogP contribution in [0.5, 0.6) is 5.75 Å². The molecule has 4 aromatic rings. The van der Waals surface area contributed by atoms with Gasteiger partial charge in [-0.25, -0.2) is 18.4 Å². The average molecular weight is 584 g/mol. The predicted octanol–water partition coefficient (Wildman–Crippen LogP) is 4.00. The smallest absolute Gasteiger partial charge is 0.333 e. The Morgan fingerprint density at radius 3 is 2.59 bits per heavy atom. The molecule has 0 spiro atoms. The minimum Gasteiger partial charge on any atom is -0.496 e. The number of amides is 1. The maximum atomic E-state index is 14.4. The Kier molecular flexibility index (Phi) is 7.89. The van der Waals surface area contributed by atoms with Crippen LogP contribution in [0.15, 0.2) is 46.2 Å². The molecule has 41 heavy (non-hydrogen) atoms. The highest BCUT2D eigenvalue weighted by Gasteiger charge is 2.39. The van der Waals surface area contributed by atoms with E-state index >= 15 is 0 Å². The lowest BCUT2D eigenvalue weighted by Crippen LogP contribution is -2.56. The number of thiophene rings is 1. The van der Waals surface area contributed by atoms with Crippen LogP contribution in [0.4, 0.5) is 4.39 Å². The fraction of sp³-hybridized carbons (Fsp3) is 0.448. The second kappa shape index (κ2) is 11.2. The minimum absolute atomic E-state index is 0.0459. The van der Waals surface area contributed by atoms with Crippen LogP contribution < -0.4 is 16.0 Å². The molecular weight excluding hydrogens is 549 g/mol. The minimum atomic E-state index is -1.45. The van der Waals surface area contributed by atoms with Crippen molar-refractivity contribution in [3.8, 4) is 10.8 Å². The molecule has 1 amide bonds. The number of hydrogen-bond donors (Lipinski definition) is 0. The van der Waals surface area contributed by atoms with Gasteiger partial charge in [0.25, 0.3) is 5.56 Å². The quantitative estimate of drug-likeness (QED) is 0.295. The van der Waals surface area contributed by atoms with Crippen LogP contribution in [-0.2, 0) is 21.6 Å². The number of fused-ring (bicyclic) bond motifs is 1. The van der Waals surface area contributed by atoms with Gasteiger partial charge in [0.2, 0.25) is 5.91 Å². The standard InChI is InChI=1S/C29H34FN5O5S/c1-6-40-22(20-16-19(30)10-11-21(20)39-5)17-33-26-23(18(2)25(41-26)34-15-9-12-31-34)24(36)35(28(33)38)29(3,4)27(37)32-13-7-8-14-32/h9-12,15-16,22H,6-8,13-14,17H2,1-5H3. The fourth-order valence-corrected chi connectivity index (χ4v) is 6.81. The van der Waals surface area contributed by atoms with Crippen LogP contribution in [0.3, 0.4) is 0 Å². The van der Waals surface area contributed by atoms with Gasteiger partial charge >= 0.3 is 5.69 Å². The van der Waals surface area contributed by atoms with Gasteiger partial charge in [-0.05, 0) is 64.8 Å². The molecule has 0 bridgehead atoms. The van der Waals surface area contributed by atoms with Gasteiger partial charge in [0.1, 0.15) is 33.0 Å². The number of likely N-dealkylation sites (tertiary alicyclic amines) is 1. The summed E-state index contributed by atoms with van der Waals surface area (Å²) in [6.45, 7) is 8.23. The molecule has 1 aliphatic rings. The molecule has 1 atom stereocenters. The number of nitrogens with zero attached hydrogens (tertiary/aromatic N) is 5. The molecule has 0 aliphatic carbocycles. The van der Waals surface area contributed by atoms with Crippen LogP contribution >= 0.6 is 11.3 Å². The van der Waals surface area contributed by atoms with Gasteiger partial charge in [0, 0.05) is 43.2 Å². The number of benzene rings is 1. The monoisotopic (exact) mass is 583 g/mol. The molecule has 10 nitrogen and oxygen atoms in total. The Hall–Kier alpha value is -3.77. The molecule has 1 aliphatic heterocycles. The number of carbonyl (C=O) groups is 1. The lowest BCUT2D eigenvalue weighted by molar-refractivity contribution is -0.138. The fourth-order valence-electron chi connectivity index (χ4n) is 5.56. The summed E-state index contributed by atoms with van der Waals surface area (Å²) in [5, 5.41) is 5.33. The second-order valence-electron chi connectivity index (χ2n) is 10.6. The first kappa shape index (κ1) is 28.7. The first-order valence-electron chi connectivity index (χ1n) is 13.6. The van der Waals surface area contributed by atoms with Gasteiger partial charge in [-0.2, -0.15) is 5.10 Å². The zero-order chi connectivity index (χ0) is 29.5. The molecule has 0 saturated carbocycles. The van der Waals surface area contributed by atoms with Gasteiger partial charge in [-0.3, -0.25) is 14.2 Å². The zero-order valence-electron chi connectivity index (χ0n) is 23.8. The molecule has 1 saturated heterocycles. The van der Waals surface area contributed by atoms with E-state index in [2.05, 4.69) is 5.10 Å². The van der Waals surface area contributed by atoms with Crippen molar-refractivity contribution in [3.63, 3.8) is 0 Å². The summed E-state index contributed by atoms with van der Waals surface area (Å²) >= 11 is 1.25. The van der Waals surface area contributed by atoms with E-state index < -0.39 is 28.7 Å². The third-order valence-electron chi connectivity index (χ3n) is 7.63. The number of ether oxygens (including phenoxy) is 2. The molecule has 12 heteroatoms. The summed E-state index contributed by atoms with van der Waals surface area (Å²) in [5.74, 6) is -0.349. The molecule has 0 radical (unpaired) electrons. The predicted molar refractivity (Wildman–Crippen MR) is 155 cm³/mol. The van der Waals surface area contributed by atoms with Gasteiger partial charge in [-0.15, -0.1) is 0 Å². The van der Waals surface area contributed by atoms with Crippen molar-refractivity contribution < 1.29 is 18.7 Å². The van der Waals surface area contributed by atoms with Crippen LogP contribution in [-0.4, -0.2) is 56.5 Å². The molecule has 1 aromatic carbocycles. The Balaban J connectivity index is 1.77. The SMILES string of the molecule is CCOC(Cn1c(=O)n(C(C)(C)C(=O)N2CCCC2)c(=O)c2c(C)c(-n3cccn3)sc21)c1cc(F)ccc1OC. The van der Waals surface area contributed by atoms with Crippen molar-refractivity contribution >= 4 is 27.5 Å². The Morgan fingerprint density at radius 1 is 1.22 bits per heavy atom. The summed E-state index contributed by atoms with van der Waals surface area (Å²) in [6, 6.07) is 5.90. The number of rotatable bonds is 9. The molecule has 5 rings (SSSR count). The van der Waals surface area contributed by atoms with E-state index in [-0.39, 0.29) is 19.1 Å². The Bertz CT molecular complexity index is 1700. The van der Waals surface area contributed by atoms with Crippen molar-refractivity contribution in [2.75, 3.05) is 26.8 Å². The van der Waals surface area contributed by atoms with Gasteiger partial charge in [-0.1, -0.05) is 11.3 Å².